The maximum absolute atomic E-state index is 12.4. The second kappa shape index (κ2) is 8.07. The second-order valence-electron chi connectivity index (χ2n) is 5.81. The SMILES string of the molecule is Cc1ccc(C(=O)[C@H](C)OC(=O)/C=C/c2ccc(C#N)cc2)cc1C. The summed E-state index contributed by atoms with van der Waals surface area (Å²) < 4.78 is 5.18. The Morgan fingerprint density at radius 3 is 2.36 bits per heavy atom. The minimum atomic E-state index is -0.861. The molecule has 25 heavy (non-hydrogen) atoms. The highest BCUT2D eigenvalue weighted by Crippen LogP contribution is 2.13. The van der Waals surface area contributed by atoms with Crippen LogP contribution in [0.4, 0.5) is 0 Å². The van der Waals surface area contributed by atoms with Crippen molar-refractivity contribution in [2.24, 2.45) is 0 Å². The molecule has 0 heterocycles. The third-order valence-corrected chi connectivity index (χ3v) is 3.91. The number of nitrogens with zero attached hydrogens (tertiary/aromatic N) is 1. The van der Waals surface area contributed by atoms with Crippen molar-refractivity contribution in [3.63, 3.8) is 0 Å². The Kier molecular flexibility index (Phi) is 5.86. The van der Waals surface area contributed by atoms with Crippen LogP contribution in [0, 0.1) is 25.2 Å². The fraction of sp³-hybridized carbons (Fsp3) is 0.190. The number of aryl methyl sites for hydroxylation is 2. The molecule has 2 aromatic carbocycles. The van der Waals surface area contributed by atoms with Crippen molar-refractivity contribution in [2.45, 2.75) is 26.9 Å². The van der Waals surface area contributed by atoms with Crippen LogP contribution in [0.25, 0.3) is 6.08 Å². The fourth-order valence-corrected chi connectivity index (χ4v) is 2.23. The van der Waals surface area contributed by atoms with E-state index >= 15 is 0 Å². The number of carbonyl (C=O) groups is 2. The molecule has 0 saturated heterocycles. The molecule has 2 rings (SSSR count). The third kappa shape index (κ3) is 4.89. The van der Waals surface area contributed by atoms with E-state index in [2.05, 4.69) is 0 Å². The first-order valence-corrected chi connectivity index (χ1v) is 7.91. The number of hydrogen-bond acceptors (Lipinski definition) is 4. The van der Waals surface area contributed by atoms with E-state index in [0.717, 1.165) is 16.7 Å². The van der Waals surface area contributed by atoms with E-state index in [0.29, 0.717) is 11.1 Å². The lowest BCUT2D eigenvalue weighted by molar-refractivity contribution is -0.140. The van der Waals surface area contributed by atoms with Crippen molar-refractivity contribution in [1.29, 1.82) is 5.26 Å². The number of ether oxygens (including phenoxy) is 1. The number of carbonyl (C=O) groups excluding carboxylic acids is 2. The Morgan fingerprint density at radius 1 is 1.08 bits per heavy atom. The number of rotatable bonds is 5. The van der Waals surface area contributed by atoms with Crippen molar-refractivity contribution in [3.8, 4) is 6.07 Å². The number of benzene rings is 2. The maximum Gasteiger partial charge on any atom is 0.331 e. The Hall–Kier alpha value is -3.19. The summed E-state index contributed by atoms with van der Waals surface area (Å²) in [7, 11) is 0. The summed E-state index contributed by atoms with van der Waals surface area (Å²) in [6, 6.07) is 14.2. The number of hydrogen-bond donors (Lipinski definition) is 0. The Balaban J connectivity index is 1.98. The van der Waals surface area contributed by atoms with Crippen LogP contribution in [-0.2, 0) is 9.53 Å². The quantitative estimate of drug-likeness (QED) is 0.471. The van der Waals surface area contributed by atoms with E-state index in [1.165, 1.54) is 6.08 Å². The zero-order chi connectivity index (χ0) is 18.4. The van der Waals surface area contributed by atoms with Gasteiger partial charge < -0.3 is 4.74 Å². The smallest absolute Gasteiger partial charge is 0.331 e. The van der Waals surface area contributed by atoms with E-state index < -0.39 is 12.1 Å². The largest absolute Gasteiger partial charge is 0.451 e. The predicted octanol–water partition coefficient (Wildman–Crippen LogP) is 4.00. The summed E-state index contributed by atoms with van der Waals surface area (Å²) in [4.78, 5) is 24.2. The van der Waals surface area contributed by atoms with Gasteiger partial charge >= 0.3 is 5.97 Å². The highest BCUT2D eigenvalue weighted by Gasteiger charge is 2.18. The normalized spacial score (nSPS) is 11.8. The summed E-state index contributed by atoms with van der Waals surface area (Å²) in [5.41, 5.74) is 3.97. The summed E-state index contributed by atoms with van der Waals surface area (Å²) in [6.45, 7) is 5.47. The molecule has 1 atom stereocenters. The van der Waals surface area contributed by atoms with Crippen LogP contribution < -0.4 is 0 Å². The summed E-state index contributed by atoms with van der Waals surface area (Å²) in [5.74, 6) is -0.822. The van der Waals surface area contributed by atoms with Gasteiger partial charge in [0.25, 0.3) is 0 Å². The van der Waals surface area contributed by atoms with E-state index in [9.17, 15) is 9.59 Å². The van der Waals surface area contributed by atoms with Gasteiger partial charge in [0.2, 0.25) is 5.78 Å². The van der Waals surface area contributed by atoms with Gasteiger partial charge in [0.05, 0.1) is 11.6 Å². The molecule has 2 aromatic rings. The lowest BCUT2D eigenvalue weighted by Gasteiger charge is -2.12. The lowest BCUT2D eigenvalue weighted by atomic mass is 10.0. The van der Waals surface area contributed by atoms with Crippen molar-refractivity contribution < 1.29 is 14.3 Å². The topological polar surface area (TPSA) is 67.2 Å². The van der Waals surface area contributed by atoms with Gasteiger partial charge in [0, 0.05) is 11.6 Å². The minimum Gasteiger partial charge on any atom is -0.451 e. The molecule has 126 valence electrons. The molecule has 0 unspecified atom stereocenters. The van der Waals surface area contributed by atoms with Crippen LogP contribution in [0.15, 0.2) is 48.5 Å². The second-order valence-corrected chi connectivity index (χ2v) is 5.81. The molecule has 0 aliphatic rings. The molecule has 4 nitrogen and oxygen atoms in total. The molecule has 0 spiro atoms. The molecular weight excluding hydrogens is 314 g/mol. The fourth-order valence-electron chi connectivity index (χ4n) is 2.23. The first kappa shape index (κ1) is 18.2. The summed E-state index contributed by atoms with van der Waals surface area (Å²) >= 11 is 0. The van der Waals surface area contributed by atoms with Crippen molar-refractivity contribution in [1.82, 2.24) is 0 Å². The van der Waals surface area contributed by atoms with Gasteiger partial charge in [-0.3, -0.25) is 4.79 Å². The molecule has 0 aliphatic heterocycles. The number of nitriles is 1. The average molecular weight is 333 g/mol. The first-order valence-electron chi connectivity index (χ1n) is 7.91. The minimum absolute atomic E-state index is 0.233. The monoisotopic (exact) mass is 333 g/mol. The molecule has 0 amide bonds. The first-order chi connectivity index (χ1) is 11.9. The molecule has 4 heteroatoms. The third-order valence-electron chi connectivity index (χ3n) is 3.91. The van der Waals surface area contributed by atoms with E-state index in [4.69, 9.17) is 10.00 Å². The van der Waals surface area contributed by atoms with Crippen LogP contribution in [0.3, 0.4) is 0 Å². The average Bonchev–Trinajstić information content (AvgIpc) is 2.62. The Morgan fingerprint density at radius 2 is 1.76 bits per heavy atom. The summed E-state index contributed by atoms with van der Waals surface area (Å²) in [5, 5.41) is 8.75. The van der Waals surface area contributed by atoms with Crippen LogP contribution in [0.5, 0.6) is 0 Å². The molecular formula is C21H19NO3. The Bertz CT molecular complexity index is 858. The van der Waals surface area contributed by atoms with Gasteiger partial charge in [-0.2, -0.15) is 5.26 Å². The molecule has 0 aromatic heterocycles. The van der Waals surface area contributed by atoms with Crippen LogP contribution >= 0.6 is 0 Å². The van der Waals surface area contributed by atoms with Gasteiger partial charge in [-0.1, -0.05) is 24.3 Å². The molecule has 0 aliphatic carbocycles. The van der Waals surface area contributed by atoms with Crippen LogP contribution in [0.2, 0.25) is 0 Å². The van der Waals surface area contributed by atoms with Gasteiger partial charge in [0.15, 0.2) is 6.10 Å². The lowest BCUT2D eigenvalue weighted by Crippen LogP contribution is -2.23. The number of Topliss-reactive ketones (excluding diaryl/α,β-unsaturated/α-hetero) is 1. The highest BCUT2D eigenvalue weighted by atomic mass is 16.5. The van der Waals surface area contributed by atoms with Crippen LogP contribution in [0.1, 0.15) is 39.5 Å². The number of esters is 1. The molecule has 0 radical (unpaired) electrons. The van der Waals surface area contributed by atoms with Crippen molar-refractivity contribution in [3.05, 3.63) is 76.4 Å². The van der Waals surface area contributed by atoms with Crippen molar-refractivity contribution >= 4 is 17.8 Å². The maximum atomic E-state index is 12.4. The van der Waals surface area contributed by atoms with Gasteiger partial charge in [-0.25, -0.2) is 4.79 Å². The van der Waals surface area contributed by atoms with E-state index in [-0.39, 0.29) is 5.78 Å². The van der Waals surface area contributed by atoms with Crippen LogP contribution in [-0.4, -0.2) is 17.9 Å². The van der Waals surface area contributed by atoms with E-state index in [1.54, 1.807) is 49.4 Å². The number of ketones is 1. The van der Waals surface area contributed by atoms with Gasteiger partial charge in [-0.15, -0.1) is 0 Å². The molecule has 0 bridgehead atoms. The zero-order valence-corrected chi connectivity index (χ0v) is 14.4. The molecule has 0 N–H and O–H groups in total. The van der Waals surface area contributed by atoms with Crippen molar-refractivity contribution in [2.75, 3.05) is 0 Å². The zero-order valence-electron chi connectivity index (χ0n) is 14.4. The summed E-state index contributed by atoms with van der Waals surface area (Å²) in [6.07, 6.45) is 1.99. The highest BCUT2D eigenvalue weighted by molar-refractivity contribution is 6.01. The van der Waals surface area contributed by atoms with Gasteiger partial charge in [0.1, 0.15) is 0 Å². The Labute approximate surface area is 147 Å². The van der Waals surface area contributed by atoms with Gasteiger partial charge in [-0.05, 0) is 61.7 Å². The molecule has 0 saturated carbocycles. The standard InChI is InChI=1S/C21H19NO3/c1-14-4-10-19(12-15(14)2)21(24)16(3)25-20(23)11-9-17-5-7-18(13-22)8-6-17/h4-12,16H,1-3H3/b11-9+/t16-/m0/s1. The van der Waals surface area contributed by atoms with E-state index in [1.807, 2.05) is 26.0 Å². The molecule has 0 fully saturated rings. The predicted molar refractivity (Wildman–Crippen MR) is 96.0 cm³/mol.